The first-order valence-corrected chi connectivity index (χ1v) is 10.6. The van der Waals surface area contributed by atoms with Crippen LogP contribution in [0.5, 0.6) is 0 Å². The van der Waals surface area contributed by atoms with Crippen molar-refractivity contribution in [1.29, 1.82) is 0 Å². The minimum Gasteiger partial charge on any atom is -0.469 e. The predicted octanol–water partition coefficient (Wildman–Crippen LogP) is 3.06. The molecule has 1 saturated carbocycles. The number of methoxy groups -OCH3 is 1. The molecule has 0 atom stereocenters. The van der Waals surface area contributed by atoms with E-state index in [0.717, 1.165) is 12.8 Å². The zero-order valence-corrected chi connectivity index (χ0v) is 17.0. The average molecular weight is 368 g/mol. The van der Waals surface area contributed by atoms with Crippen LogP contribution in [0.1, 0.15) is 39.2 Å². The van der Waals surface area contributed by atoms with Gasteiger partial charge in [0.05, 0.1) is 13.0 Å². The van der Waals surface area contributed by atoms with Gasteiger partial charge in [0, 0.05) is 6.10 Å². The van der Waals surface area contributed by atoms with Crippen molar-refractivity contribution in [3.8, 4) is 0 Å². The summed E-state index contributed by atoms with van der Waals surface area (Å²) in [5, 5.41) is 2.48. The first kappa shape index (κ1) is 18.9. The third-order valence-electron chi connectivity index (χ3n) is 4.96. The molecule has 1 aliphatic carbocycles. The van der Waals surface area contributed by atoms with Gasteiger partial charge in [0.2, 0.25) is 0 Å². The van der Waals surface area contributed by atoms with E-state index in [0.29, 0.717) is 0 Å². The molecule has 1 aliphatic rings. The standard InChI is InChI=1S/C22H27O3Si/c1-22(2,3)17-10-12-20(13-11-17)26(19-8-6-5-7-9-19)25-18-14-16(15-18)21(23)24-4/h5-13,16,18H,14-15H2,1-4H3. The van der Waals surface area contributed by atoms with Crippen LogP contribution in [0.3, 0.4) is 0 Å². The number of hydrogen-bond donors (Lipinski definition) is 0. The lowest BCUT2D eigenvalue weighted by atomic mass is 9.83. The van der Waals surface area contributed by atoms with Crippen LogP contribution in [0.4, 0.5) is 0 Å². The number of rotatable bonds is 5. The number of carbonyl (C=O) groups excluding carboxylic acids is 1. The molecule has 0 amide bonds. The van der Waals surface area contributed by atoms with Crippen LogP contribution in [0.2, 0.25) is 0 Å². The highest BCUT2D eigenvalue weighted by Crippen LogP contribution is 2.31. The number of ether oxygens (including phenoxy) is 1. The second kappa shape index (κ2) is 7.76. The largest absolute Gasteiger partial charge is 0.469 e. The molecule has 0 heterocycles. The smallest absolute Gasteiger partial charge is 0.308 e. The highest BCUT2D eigenvalue weighted by Gasteiger charge is 2.38. The molecule has 3 nitrogen and oxygen atoms in total. The van der Waals surface area contributed by atoms with E-state index in [1.54, 1.807) is 0 Å². The van der Waals surface area contributed by atoms with E-state index < -0.39 is 9.04 Å². The summed E-state index contributed by atoms with van der Waals surface area (Å²) in [5.74, 6) is -0.125. The van der Waals surface area contributed by atoms with Gasteiger partial charge < -0.3 is 9.16 Å². The van der Waals surface area contributed by atoms with Crippen LogP contribution in [-0.2, 0) is 19.4 Å². The molecule has 137 valence electrons. The van der Waals surface area contributed by atoms with Crippen molar-refractivity contribution >= 4 is 25.4 Å². The monoisotopic (exact) mass is 367 g/mol. The maximum absolute atomic E-state index is 11.6. The van der Waals surface area contributed by atoms with Gasteiger partial charge in [-0.15, -0.1) is 0 Å². The van der Waals surface area contributed by atoms with Gasteiger partial charge >= 0.3 is 5.97 Å². The summed E-state index contributed by atoms with van der Waals surface area (Å²) in [4.78, 5) is 11.6. The van der Waals surface area contributed by atoms with Crippen LogP contribution in [-0.4, -0.2) is 28.2 Å². The summed E-state index contributed by atoms with van der Waals surface area (Å²) in [6.07, 6.45) is 1.65. The SMILES string of the molecule is COC(=O)C1CC(O[Si](c2ccccc2)c2ccc(C(C)(C)C)cc2)C1. The zero-order valence-electron chi connectivity index (χ0n) is 16.0. The quantitative estimate of drug-likeness (QED) is 0.602. The van der Waals surface area contributed by atoms with Crippen LogP contribution >= 0.6 is 0 Å². The highest BCUT2D eigenvalue weighted by molar-refractivity contribution is 6.80. The molecule has 1 fully saturated rings. The molecule has 0 bridgehead atoms. The van der Waals surface area contributed by atoms with Gasteiger partial charge in [0.1, 0.15) is 0 Å². The van der Waals surface area contributed by atoms with Gasteiger partial charge in [-0.05, 0) is 34.2 Å². The lowest BCUT2D eigenvalue weighted by Crippen LogP contribution is -2.50. The van der Waals surface area contributed by atoms with Crippen molar-refractivity contribution in [3.63, 3.8) is 0 Å². The van der Waals surface area contributed by atoms with E-state index in [-0.39, 0.29) is 23.4 Å². The summed E-state index contributed by atoms with van der Waals surface area (Å²) >= 11 is 0. The van der Waals surface area contributed by atoms with Crippen LogP contribution in [0, 0.1) is 5.92 Å². The van der Waals surface area contributed by atoms with Gasteiger partial charge in [0.25, 0.3) is 9.04 Å². The van der Waals surface area contributed by atoms with E-state index in [4.69, 9.17) is 9.16 Å². The molecular weight excluding hydrogens is 340 g/mol. The molecule has 0 aliphatic heterocycles. The van der Waals surface area contributed by atoms with E-state index >= 15 is 0 Å². The lowest BCUT2D eigenvalue weighted by molar-refractivity contribution is -0.151. The van der Waals surface area contributed by atoms with Gasteiger partial charge in [-0.25, -0.2) is 0 Å². The predicted molar refractivity (Wildman–Crippen MR) is 106 cm³/mol. The van der Waals surface area contributed by atoms with Crippen molar-refractivity contribution < 1.29 is 14.0 Å². The van der Waals surface area contributed by atoms with E-state index in [2.05, 4.69) is 69.3 Å². The van der Waals surface area contributed by atoms with E-state index in [9.17, 15) is 4.79 Å². The number of carbonyl (C=O) groups is 1. The summed E-state index contributed by atoms with van der Waals surface area (Å²) in [7, 11) is 0.122. The first-order chi connectivity index (χ1) is 12.4. The second-order valence-corrected chi connectivity index (χ2v) is 10.0. The first-order valence-electron chi connectivity index (χ1n) is 9.16. The van der Waals surface area contributed by atoms with Gasteiger partial charge in [-0.3, -0.25) is 4.79 Å². The fourth-order valence-electron chi connectivity index (χ4n) is 3.20. The topological polar surface area (TPSA) is 35.5 Å². The summed E-state index contributed by atoms with van der Waals surface area (Å²) in [6.45, 7) is 6.68. The summed E-state index contributed by atoms with van der Waals surface area (Å²) in [5.41, 5.74) is 1.46. The minimum atomic E-state index is -1.33. The molecule has 0 aromatic heterocycles. The van der Waals surface area contributed by atoms with E-state index in [1.807, 2.05) is 6.07 Å². The Morgan fingerprint density at radius 1 is 0.962 bits per heavy atom. The molecule has 0 N–H and O–H groups in total. The number of hydrogen-bond acceptors (Lipinski definition) is 3. The molecule has 26 heavy (non-hydrogen) atoms. The van der Waals surface area contributed by atoms with Gasteiger partial charge in [-0.1, -0.05) is 75.4 Å². The molecule has 0 spiro atoms. The second-order valence-electron chi connectivity index (χ2n) is 7.95. The number of esters is 1. The minimum absolute atomic E-state index is 0.00714. The molecule has 2 aromatic rings. The van der Waals surface area contributed by atoms with Gasteiger partial charge in [0.15, 0.2) is 0 Å². The Bertz CT molecular complexity index is 728. The Morgan fingerprint density at radius 3 is 2.08 bits per heavy atom. The summed E-state index contributed by atoms with van der Waals surface area (Å²) < 4.78 is 11.3. The molecule has 3 rings (SSSR count). The van der Waals surface area contributed by atoms with Crippen molar-refractivity contribution in [2.45, 2.75) is 45.1 Å². The Morgan fingerprint density at radius 2 is 1.54 bits per heavy atom. The summed E-state index contributed by atoms with van der Waals surface area (Å²) in [6, 6.07) is 19.3. The third-order valence-corrected chi connectivity index (χ3v) is 7.25. The normalized spacial score (nSPS) is 19.9. The Balaban J connectivity index is 1.78. The maximum Gasteiger partial charge on any atom is 0.308 e. The highest BCUT2D eigenvalue weighted by atomic mass is 28.3. The lowest BCUT2D eigenvalue weighted by Gasteiger charge is -2.35. The Hall–Kier alpha value is -1.91. The van der Waals surface area contributed by atoms with E-state index in [1.165, 1.54) is 23.0 Å². The van der Waals surface area contributed by atoms with Crippen LogP contribution < -0.4 is 10.4 Å². The van der Waals surface area contributed by atoms with Crippen LogP contribution in [0.15, 0.2) is 54.6 Å². The maximum atomic E-state index is 11.6. The van der Waals surface area contributed by atoms with Gasteiger partial charge in [-0.2, -0.15) is 0 Å². The average Bonchev–Trinajstić information content (AvgIpc) is 2.60. The van der Waals surface area contributed by atoms with Crippen molar-refractivity contribution in [2.75, 3.05) is 7.11 Å². The Labute approximate surface area is 158 Å². The molecule has 4 heteroatoms. The fourth-order valence-corrected chi connectivity index (χ4v) is 5.30. The fraction of sp³-hybridized carbons (Fsp3) is 0.409. The zero-order chi connectivity index (χ0) is 18.7. The molecule has 1 radical (unpaired) electrons. The van der Waals surface area contributed by atoms with Crippen molar-refractivity contribution in [2.24, 2.45) is 5.92 Å². The van der Waals surface area contributed by atoms with Crippen molar-refractivity contribution in [3.05, 3.63) is 60.2 Å². The number of benzene rings is 2. The molecule has 2 aromatic carbocycles. The Kier molecular flexibility index (Phi) is 5.63. The molecule has 0 saturated heterocycles. The molecule has 0 unspecified atom stereocenters. The molecular formula is C22H27O3Si. The third kappa shape index (κ3) is 4.25. The van der Waals surface area contributed by atoms with Crippen LogP contribution in [0.25, 0.3) is 0 Å². The van der Waals surface area contributed by atoms with Crippen molar-refractivity contribution in [1.82, 2.24) is 0 Å².